The third kappa shape index (κ3) is 3.35. The summed E-state index contributed by atoms with van der Waals surface area (Å²) in [6.07, 6.45) is 9.54. The van der Waals surface area contributed by atoms with Gasteiger partial charge in [-0.25, -0.2) is 4.98 Å². The molecule has 0 spiro atoms. The molecule has 0 bridgehead atoms. The highest BCUT2D eigenvalue weighted by Gasteiger charge is 2.22. The van der Waals surface area contributed by atoms with E-state index in [1.165, 1.54) is 37.4 Å². The Kier molecular flexibility index (Phi) is 4.39. The second-order valence-corrected chi connectivity index (χ2v) is 6.04. The molecule has 0 amide bonds. The molecule has 1 aliphatic heterocycles. The molecule has 1 saturated heterocycles. The van der Waals surface area contributed by atoms with Crippen LogP contribution in [0.2, 0.25) is 0 Å². The molecule has 0 aromatic carbocycles. The first-order chi connectivity index (χ1) is 10.3. The maximum atomic E-state index is 4.47. The van der Waals surface area contributed by atoms with Gasteiger partial charge >= 0.3 is 0 Å². The summed E-state index contributed by atoms with van der Waals surface area (Å²) in [6.45, 7) is 6.49. The van der Waals surface area contributed by atoms with Gasteiger partial charge in [-0.05, 0) is 38.3 Å². The number of piperidine rings is 1. The van der Waals surface area contributed by atoms with Gasteiger partial charge in [0.2, 0.25) is 0 Å². The maximum Gasteiger partial charge on any atom is 0.108 e. The number of rotatable bonds is 5. The lowest BCUT2D eigenvalue weighted by Crippen LogP contribution is -2.36. The zero-order valence-electron chi connectivity index (χ0n) is 13.1. The van der Waals surface area contributed by atoms with E-state index in [0.717, 1.165) is 25.4 Å². The summed E-state index contributed by atoms with van der Waals surface area (Å²) in [5.41, 5.74) is 1.33. The second-order valence-electron chi connectivity index (χ2n) is 6.04. The highest BCUT2D eigenvalue weighted by Crippen LogP contribution is 2.21. The summed E-state index contributed by atoms with van der Waals surface area (Å²) in [5.74, 6) is 1.93. The van der Waals surface area contributed by atoms with Crippen LogP contribution in [0.25, 0.3) is 0 Å². The van der Waals surface area contributed by atoms with Crippen LogP contribution >= 0.6 is 0 Å². The topological polar surface area (TPSA) is 38.9 Å². The quantitative estimate of drug-likeness (QED) is 0.845. The summed E-state index contributed by atoms with van der Waals surface area (Å²) < 4.78 is 4.24. The molecule has 2 aromatic rings. The van der Waals surface area contributed by atoms with Crippen molar-refractivity contribution in [2.24, 2.45) is 13.0 Å². The van der Waals surface area contributed by atoms with Gasteiger partial charge in [0.05, 0.1) is 5.69 Å². The molecular weight excluding hydrogens is 262 g/mol. The molecule has 0 N–H and O–H groups in total. The van der Waals surface area contributed by atoms with Gasteiger partial charge in [-0.3, -0.25) is 9.58 Å². The minimum Gasteiger partial charge on any atom is -0.338 e. The van der Waals surface area contributed by atoms with Gasteiger partial charge in [-0.2, -0.15) is 5.10 Å². The zero-order chi connectivity index (χ0) is 14.7. The van der Waals surface area contributed by atoms with Gasteiger partial charge in [0.1, 0.15) is 5.82 Å². The first-order valence-electron chi connectivity index (χ1n) is 7.95. The first kappa shape index (κ1) is 14.3. The lowest BCUT2D eigenvalue weighted by molar-refractivity contribution is 0.161. The molecule has 21 heavy (non-hydrogen) atoms. The van der Waals surface area contributed by atoms with Crippen LogP contribution in [0.1, 0.15) is 31.3 Å². The molecule has 1 aliphatic rings. The van der Waals surface area contributed by atoms with Gasteiger partial charge in [0.25, 0.3) is 0 Å². The number of hydrogen-bond acceptors (Lipinski definition) is 3. The fourth-order valence-electron chi connectivity index (χ4n) is 3.32. The lowest BCUT2D eigenvalue weighted by atomic mass is 9.94. The molecule has 0 aliphatic carbocycles. The fraction of sp³-hybridized carbons (Fsp3) is 0.625. The maximum absolute atomic E-state index is 4.47. The third-order valence-electron chi connectivity index (χ3n) is 4.48. The van der Waals surface area contributed by atoms with Crippen molar-refractivity contribution in [3.05, 3.63) is 36.2 Å². The number of aryl methyl sites for hydroxylation is 2. The highest BCUT2D eigenvalue weighted by molar-refractivity contribution is 5.01. The predicted octanol–water partition coefficient (Wildman–Crippen LogP) is 2.09. The number of imidazole rings is 1. The second kappa shape index (κ2) is 6.43. The molecule has 5 heteroatoms. The molecule has 114 valence electrons. The normalized spacial score (nSPS) is 20.0. The molecule has 3 heterocycles. The molecule has 2 aromatic heterocycles. The zero-order valence-corrected chi connectivity index (χ0v) is 13.1. The number of aromatic nitrogens is 4. The van der Waals surface area contributed by atoms with E-state index in [-0.39, 0.29) is 0 Å². The highest BCUT2D eigenvalue weighted by atomic mass is 15.3. The van der Waals surface area contributed by atoms with Crippen LogP contribution < -0.4 is 0 Å². The molecular formula is C16H25N5. The van der Waals surface area contributed by atoms with E-state index in [4.69, 9.17) is 0 Å². The van der Waals surface area contributed by atoms with E-state index in [2.05, 4.69) is 44.3 Å². The van der Waals surface area contributed by atoms with E-state index in [1.54, 1.807) is 0 Å². The molecule has 1 atom stereocenters. The van der Waals surface area contributed by atoms with Crippen molar-refractivity contribution in [1.82, 2.24) is 24.2 Å². The molecule has 0 unspecified atom stereocenters. The van der Waals surface area contributed by atoms with Crippen LogP contribution in [0.4, 0.5) is 0 Å². The van der Waals surface area contributed by atoms with Crippen molar-refractivity contribution >= 4 is 0 Å². The fourth-order valence-corrected chi connectivity index (χ4v) is 3.32. The Bertz CT molecular complexity index is 571. The van der Waals surface area contributed by atoms with Crippen molar-refractivity contribution < 1.29 is 0 Å². The Labute approximate surface area is 126 Å². The summed E-state index contributed by atoms with van der Waals surface area (Å²) in [7, 11) is 2.09. The van der Waals surface area contributed by atoms with Crippen molar-refractivity contribution in [3.8, 4) is 0 Å². The van der Waals surface area contributed by atoms with Crippen molar-refractivity contribution in [2.75, 3.05) is 13.1 Å². The molecule has 0 radical (unpaired) electrons. The number of nitrogens with zero attached hydrogens (tertiary/aromatic N) is 5. The summed E-state index contributed by atoms with van der Waals surface area (Å²) >= 11 is 0. The van der Waals surface area contributed by atoms with Crippen LogP contribution in [-0.4, -0.2) is 37.3 Å². The van der Waals surface area contributed by atoms with Gasteiger partial charge in [-0.1, -0.05) is 0 Å². The van der Waals surface area contributed by atoms with E-state index in [1.807, 2.05) is 18.6 Å². The lowest BCUT2D eigenvalue weighted by Gasteiger charge is -2.32. The largest absolute Gasteiger partial charge is 0.338 e. The molecule has 5 nitrogen and oxygen atoms in total. The standard InChI is InChI=1S/C16H25N5/c1-3-21-15(6-7-18-21)13-20-9-4-5-14(12-20)11-16-17-8-10-19(16)2/h6-8,10,14H,3-5,9,11-13H2,1-2H3/t14-/m0/s1. The number of likely N-dealkylation sites (tertiary alicyclic amines) is 1. The van der Waals surface area contributed by atoms with Crippen LogP contribution in [0.3, 0.4) is 0 Å². The van der Waals surface area contributed by atoms with Crippen molar-refractivity contribution in [3.63, 3.8) is 0 Å². The van der Waals surface area contributed by atoms with Crippen LogP contribution in [0.15, 0.2) is 24.7 Å². The average Bonchev–Trinajstić information content (AvgIpc) is 3.09. The Balaban J connectivity index is 1.59. The van der Waals surface area contributed by atoms with Crippen molar-refractivity contribution in [2.45, 2.75) is 39.3 Å². The van der Waals surface area contributed by atoms with E-state index >= 15 is 0 Å². The van der Waals surface area contributed by atoms with Crippen molar-refractivity contribution in [1.29, 1.82) is 0 Å². The Morgan fingerprint density at radius 2 is 2.24 bits per heavy atom. The predicted molar refractivity (Wildman–Crippen MR) is 82.8 cm³/mol. The molecule has 0 saturated carbocycles. The third-order valence-corrected chi connectivity index (χ3v) is 4.48. The Morgan fingerprint density at radius 3 is 3.00 bits per heavy atom. The summed E-state index contributed by atoms with van der Waals surface area (Å²) in [4.78, 5) is 7.04. The number of hydrogen-bond donors (Lipinski definition) is 0. The first-order valence-corrected chi connectivity index (χ1v) is 7.95. The van der Waals surface area contributed by atoms with Gasteiger partial charge in [0.15, 0.2) is 0 Å². The van der Waals surface area contributed by atoms with E-state index in [0.29, 0.717) is 0 Å². The van der Waals surface area contributed by atoms with Gasteiger partial charge in [0, 0.05) is 51.7 Å². The van der Waals surface area contributed by atoms with Crippen LogP contribution in [0, 0.1) is 5.92 Å². The molecule has 3 rings (SSSR count). The van der Waals surface area contributed by atoms with Crippen LogP contribution in [0.5, 0.6) is 0 Å². The summed E-state index contributed by atoms with van der Waals surface area (Å²) in [6, 6.07) is 2.14. The van der Waals surface area contributed by atoms with Crippen LogP contribution in [-0.2, 0) is 26.6 Å². The SMILES string of the molecule is CCn1nccc1CN1CCC[C@@H](Cc2nccn2C)C1. The molecule has 1 fully saturated rings. The Hall–Kier alpha value is -1.62. The van der Waals surface area contributed by atoms with E-state index < -0.39 is 0 Å². The minimum atomic E-state index is 0.720. The Morgan fingerprint density at radius 1 is 1.33 bits per heavy atom. The average molecular weight is 287 g/mol. The van der Waals surface area contributed by atoms with Gasteiger partial charge in [-0.15, -0.1) is 0 Å². The minimum absolute atomic E-state index is 0.720. The van der Waals surface area contributed by atoms with E-state index in [9.17, 15) is 0 Å². The monoisotopic (exact) mass is 287 g/mol. The smallest absolute Gasteiger partial charge is 0.108 e. The van der Waals surface area contributed by atoms with Gasteiger partial charge < -0.3 is 4.57 Å². The summed E-state index contributed by atoms with van der Waals surface area (Å²) in [5, 5.41) is 4.37.